The van der Waals surface area contributed by atoms with E-state index in [1.807, 2.05) is 36.4 Å². The lowest BCUT2D eigenvalue weighted by molar-refractivity contribution is -0.145. The molecule has 13 heteroatoms. The molecule has 1 aliphatic heterocycles. The van der Waals surface area contributed by atoms with Gasteiger partial charge < -0.3 is 18.5 Å². The lowest BCUT2D eigenvalue weighted by atomic mass is 10.1. The fraction of sp³-hybridized carbons (Fsp3) is 0.375. The van der Waals surface area contributed by atoms with Gasteiger partial charge in [-0.3, -0.25) is 19.1 Å². The molecule has 0 aliphatic carbocycles. The van der Waals surface area contributed by atoms with Crippen molar-refractivity contribution in [3.8, 4) is 5.75 Å². The first kappa shape index (κ1) is 26.9. The van der Waals surface area contributed by atoms with Gasteiger partial charge in [0, 0.05) is 11.8 Å². The summed E-state index contributed by atoms with van der Waals surface area (Å²) in [6.07, 6.45) is -3.74. The highest BCUT2D eigenvalue weighted by Gasteiger charge is 2.38. The van der Waals surface area contributed by atoms with Gasteiger partial charge in [0.15, 0.2) is 6.23 Å². The van der Waals surface area contributed by atoms with Gasteiger partial charge in [0.1, 0.15) is 18.5 Å². The number of hydrogen-bond acceptors (Lipinski definition) is 8. The predicted molar refractivity (Wildman–Crippen MR) is 131 cm³/mol. The van der Waals surface area contributed by atoms with E-state index in [2.05, 4.69) is 5.09 Å². The molecule has 0 saturated carbocycles. The summed E-state index contributed by atoms with van der Waals surface area (Å²) in [6.45, 7) is 3.11. The fourth-order valence-electron chi connectivity index (χ4n) is 3.76. The first-order chi connectivity index (χ1) is 17.7. The number of rotatable bonds is 10. The highest BCUT2D eigenvalue weighted by atomic mass is 31.2. The topological polar surface area (TPSA) is 121 Å². The number of halogens is 2. The van der Waals surface area contributed by atoms with E-state index in [4.69, 9.17) is 18.5 Å². The van der Waals surface area contributed by atoms with Crippen molar-refractivity contribution >= 4 is 25.3 Å². The van der Waals surface area contributed by atoms with Crippen LogP contribution in [0.4, 0.5) is 8.78 Å². The molecule has 2 N–H and O–H groups in total. The molecule has 4 atom stereocenters. The Balaban J connectivity index is 1.45. The number of esters is 1. The second-order valence-corrected chi connectivity index (χ2v) is 9.81. The van der Waals surface area contributed by atoms with E-state index in [1.54, 1.807) is 24.9 Å². The maximum Gasteiger partial charge on any atom is 0.330 e. The number of hydrogen-bond donors (Lipinski definition) is 2. The van der Waals surface area contributed by atoms with Gasteiger partial charge in [-0.15, -0.1) is 0 Å². The molecule has 1 aliphatic rings. The van der Waals surface area contributed by atoms with Gasteiger partial charge in [0.25, 0.3) is 5.56 Å². The minimum absolute atomic E-state index is 0.148. The van der Waals surface area contributed by atoms with E-state index in [-0.39, 0.29) is 25.7 Å². The first-order valence-corrected chi connectivity index (χ1v) is 12.7. The number of H-pyrrole nitrogens is 1. The summed E-state index contributed by atoms with van der Waals surface area (Å²) >= 11 is 0. The lowest BCUT2D eigenvalue weighted by Crippen LogP contribution is -2.36. The van der Waals surface area contributed by atoms with Crippen LogP contribution in [0.15, 0.2) is 58.3 Å². The number of ether oxygens (including phenoxy) is 2. The normalized spacial score (nSPS) is 20.3. The van der Waals surface area contributed by atoms with Crippen molar-refractivity contribution in [2.45, 2.75) is 44.9 Å². The molecule has 4 unspecified atom stereocenters. The van der Waals surface area contributed by atoms with E-state index in [9.17, 15) is 23.2 Å². The van der Waals surface area contributed by atoms with Gasteiger partial charge in [-0.1, -0.05) is 36.4 Å². The number of alkyl halides is 1. The lowest BCUT2D eigenvalue weighted by Gasteiger charge is -2.21. The maximum atomic E-state index is 14.7. The molecule has 0 bridgehead atoms. The van der Waals surface area contributed by atoms with Gasteiger partial charge >= 0.3 is 20.2 Å². The summed E-state index contributed by atoms with van der Waals surface area (Å²) in [5.41, 5.74) is -2.19. The van der Waals surface area contributed by atoms with Crippen LogP contribution in [0.3, 0.4) is 0 Å². The molecule has 1 aromatic heterocycles. The van der Waals surface area contributed by atoms with E-state index >= 15 is 0 Å². The predicted octanol–water partition coefficient (Wildman–Crippen LogP) is 3.32. The van der Waals surface area contributed by atoms with Crippen LogP contribution in [0.2, 0.25) is 0 Å². The smallest absolute Gasteiger partial charge is 0.330 e. The monoisotopic (exact) mass is 537 g/mol. The van der Waals surface area contributed by atoms with Crippen molar-refractivity contribution in [2.24, 2.45) is 0 Å². The third-order valence-corrected chi connectivity index (χ3v) is 6.52. The third-order valence-electron chi connectivity index (χ3n) is 5.36. The van der Waals surface area contributed by atoms with Crippen LogP contribution in [0.1, 0.15) is 26.5 Å². The molecule has 3 aromatic rings. The van der Waals surface area contributed by atoms with Gasteiger partial charge in [0.2, 0.25) is 5.82 Å². The highest BCUT2D eigenvalue weighted by molar-refractivity contribution is 7.45. The number of aromatic nitrogens is 2. The molecule has 10 nitrogen and oxygen atoms in total. The largest absolute Gasteiger partial charge is 0.462 e. The number of carbonyl (C=O) groups excluding carboxylic acids is 1. The average Bonchev–Trinajstić information content (AvgIpc) is 3.23. The summed E-state index contributed by atoms with van der Waals surface area (Å²) < 4.78 is 51.7. The van der Waals surface area contributed by atoms with Crippen LogP contribution >= 0.6 is 8.53 Å². The number of nitrogens with zero attached hydrogens (tertiary/aromatic N) is 1. The van der Waals surface area contributed by atoms with E-state index in [0.29, 0.717) is 16.5 Å². The van der Waals surface area contributed by atoms with Crippen LogP contribution in [-0.4, -0.2) is 47.1 Å². The molecule has 198 valence electrons. The summed E-state index contributed by atoms with van der Waals surface area (Å²) in [4.78, 5) is 37.1. The Morgan fingerprint density at radius 2 is 2.00 bits per heavy atom. The molecular weight excluding hydrogens is 511 g/mol. The summed E-state index contributed by atoms with van der Waals surface area (Å²) in [5.74, 6) is -1.23. The quantitative estimate of drug-likeness (QED) is 0.299. The zero-order valence-corrected chi connectivity index (χ0v) is 21.0. The minimum Gasteiger partial charge on any atom is -0.462 e. The van der Waals surface area contributed by atoms with E-state index < -0.39 is 50.1 Å². The zero-order valence-electron chi connectivity index (χ0n) is 20.1. The summed E-state index contributed by atoms with van der Waals surface area (Å²) in [5, 5.41) is 4.66. The van der Waals surface area contributed by atoms with E-state index in [0.717, 1.165) is 10.8 Å². The number of carbonyl (C=O) groups is 1. The van der Waals surface area contributed by atoms with Crippen LogP contribution < -0.4 is 20.9 Å². The number of fused-ring (bicyclic) bond motifs is 1. The van der Waals surface area contributed by atoms with Crippen LogP contribution in [0, 0.1) is 5.82 Å². The van der Waals surface area contributed by atoms with Crippen molar-refractivity contribution in [1.82, 2.24) is 14.6 Å². The molecular formula is C24H26F2N3O7P. The fourth-order valence-corrected chi connectivity index (χ4v) is 4.86. The second kappa shape index (κ2) is 11.9. The van der Waals surface area contributed by atoms with Gasteiger partial charge in [-0.05, 0) is 25.3 Å². The Kier molecular flexibility index (Phi) is 8.65. The van der Waals surface area contributed by atoms with Crippen molar-refractivity contribution < 1.29 is 32.1 Å². The van der Waals surface area contributed by atoms with Gasteiger partial charge in [-0.25, -0.2) is 14.3 Å². The van der Waals surface area contributed by atoms with Gasteiger partial charge in [-0.2, -0.15) is 4.39 Å². The molecule has 37 heavy (non-hydrogen) atoms. The number of nitrogens with one attached hydrogen (secondary N) is 2. The Hall–Kier alpha value is -3.18. The molecule has 1 saturated heterocycles. The molecule has 0 amide bonds. The molecule has 0 spiro atoms. The summed E-state index contributed by atoms with van der Waals surface area (Å²) in [6, 6.07) is 13.1. The highest BCUT2D eigenvalue weighted by Crippen LogP contribution is 2.40. The van der Waals surface area contributed by atoms with Gasteiger partial charge in [0.05, 0.1) is 25.0 Å². The third kappa shape index (κ3) is 6.78. The SMILES string of the molecule is CC(C)OC(=O)CNP(OCC1CC(F)C(n2cc(F)c(=O)[nH]c2=O)O1)Oc1cccc2ccccc12. The van der Waals surface area contributed by atoms with Crippen LogP contribution in [0.25, 0.3) is 10.8 Å². The molecule has 2 aromatic carbocycles. The number of aromatic amines is 1. The van der Waals surface area contributed by atoms with Crippen molar-refractivity contribution in [3.05, 3.63) is 75.3 Å². The van der Waals surface area contributed by atoms with Crippen molar-refractivity contribution in [1.29, 1.82) is 0 Å². The first-order valence-electron chi connectivity index (χ1n) is 11.5. The Labute approximate surface area is 211 Å². The minimum atomic E-state index is -1.91. The van der Waals surface area contributed by atoms with Crippen molar-refractivity contribution in [2.75, 3.05) is 13.2 Å². The standard InChI is InChI=1S/C24H26F2N3O7P/c1-14(2)34-21(30)11-27-37(36-20-9-5-7-15-6-3-4-8-17(15)20)33-13-16-10-18(25)23(35-16)29-12-19(26)22(31)28-24(29)32/h3-9,12,14,16,18,23,27H,10-11,13H2,1-2H3,(H,28,31,32). The average molecular weight is 537 g/mol. The second-order valence-electron chi connectivity index (χ2n) is 8.54. The van der Waals surface area contributed by atoms with Crippen LogP contribution in [-0.2, 0) is 18.8 Å². The summed E-state index contributed by atoms with van der Waals surface area (Å²) in [7, 11) is -1.91. The maximum absolute atomic E-state index is 14.7. The Morgan fingerprint density at radius 1 is 1.24 bits per heavy atom. The molecule has 4 rings (SSSR count). The molecule has 0 radical (unpaired) electrons. The Bertz CT molecular complexity index is 1360. The Morgan fingerprint density at radius 3 is 2.78 bits per heavy atom. The molecule has 1 fully saturated rings. The van der Waals surface area contributed by atoms with Crippen molar-refractivity contribution in [3.63, 3.8) is 0 Å². The molecule has 2 heterocycles. The number of benzene rings is 2. The van der Waals surface area contributed by atoms with E-state index in [1.165, 1.54) is 0 Å². The van der Waals surface area contributed by atoms with Crippen LogP contribution in [0.5, 0.6) is 5.75 Å². The zero-order chi connectivity index (χ0) is 26.5.